The molecule has 0 radical (unpaired) electrons. The second-order valence-corrected chi connectivity index (χ2v) is 3.97. The molecule has 1 aromatic carbocycles. The number of halogens is 1. The number of hydrogen-bond donors (Lipinski definition) is 2. The fourth-order valence-corrected chi connectivity index (χ4v) is 1.86. The predicted molar refractivity (Wildman–Crippen MR) is 61.3 cm³/mol. The van der Waals surface area contributed by atoms with E-state index >= 15 is 0 Å². The minimum absolute atomic E-state index is 0.507. The Morgan fingerprint density at radius 2 is 2.00 bits per heavy atom. The Balaban J connectivity index is 2.15. The Morgan fingerprint density at radius 3 is 2.57 bits per heavy atom. The van der Waals surface area contributed by atoms with Gasteiger partial charge in [0.25, 0.3) is 0 Å². The smallest absolute Gasteiger partial charge is 0.188 e. The average molecular weight is 226 g/mol. The molecule has 0 fully saturated rings. The molecule has 0 unspecified atom stereocenters. The Bertz CT molecular complexity index is 424. The van der Waals surface area contributed by atoms with Gasteiger partial charge in [-0.3, -0.25) is 0 Å². The van der Waals surface area contributed by atoms with Gasteiger partial charge in [0.2, 0.25) is 0 Å². The van der Waals surface area contributed by atoms with Crippen molar-refractivity contribution >= 4 is 39.4 Å². The third-order valence-electron chi connectivity index (χ3n) is 1.64. The van der Waals surface area contributed by atoms with Crippen molar-refractivity contribution < 1.29 is 0 Å². The summed E-state index contributed by atoms with van der Waals surface area (Å²) in [6.07, 6.45) is 0. The number of nitrogens with two attached hydrogens (primary N) is 1. The third kappa shape index (κ3) is 2.16. The van der Waals surface area contributed by atoms with Crippen LogP contribution in [0, 0.1) is 0 Å². The average Bonchev–Trinajstić information content (AvgIpc) is 2.56. The number of anilines is 3. The van der Waals surface area contributed by atoms with Crippen molar-refractivity contribution in [2.75, 3.05) is 11.1 Å². The van der Waals surface area contributed by atoms with Gasteiger partial charge >= 0.3 is 0 Å². The lowest BCUT2D eigenvalue weighted by atomic mass is 10.3. The fourth-order valence-electron chi connectivity index (χ4n) is 1.00. The van der Waals surface area contributed by atoms with E-state index in [2.05, 4.69) is 10.3 Å². The van der Waals surface area contributed by atoms with E-state index in [-0.39, 0.29) is 0 Å². The lowest BCUT2D eigenvalue weighted by Gasteiger charge is -2.01. The monoisotopic (exact) mass is 225 g/mol. The van der Waals surface area contributed by atoms with E-state index in [1.54, 1.807) is 5.38 Å². The zero-order chi connectivity index (χ0) is 9.97. The summed E-state index contributed by atoms with van der Waals surface area (Å²) < 4.78 is 0. The van der Waals surface area contributed by atoms with Crippen LogP contribution < -0.4 is 11.1 Å². The second kappa shape index (κ2) is 3.86. The summed E-state index contributed by atoms with van der Waals surface area (Å²) in [7, 11) is 0. The molecule has 3 nitrogen and oxygen atoms in total. The van der Waals surface area contributed by atoms with Crippen molar-refractivity contribution in [1.82, 2.24) is 4.98 Å². The first-order chi connectivity index (χ1) is 6.74. The third-order valence-corrected chi connectivity index (χ3v) is 2.72. The van der Waals surface area contributed by atoms with Gasteiger partial charge in [0.05, 0.1) is 0 Å². The Labute approximate surface area is 90.5 Å². The number of nitrogens with zero attached hydrogens (tertiary/aromatic N) is 1. The number of nitrogens with one attached hydrogen (secondary N) is 1. The van der Waals surface area contributed by atoms with Crippen molar-refractivity contribution in [2.24, 2.45) is 0 Å². The zero-order valence-corrected chi connectivity index (χ0v) is 8.77. The molecule has 0 spiro atoms. The molecule has 1 aromatic heterocycles. The highest BCUT2D eigenvalue weighted by Gasteiger charge is 1.99. The first-order valence-electron chi connectivity index (χ1n) is 3.97. The standard InChI is InChI=1S/C9H8ClN3S/c10-8-5-14-9(13-8)12-7-3-1-6(11)2-4-7/h1-5H,11H2,(H,12,13). The summed E-state index contributed by atoms with van der Waals surface area (Å²) >= 11 is 7.15. The van der Waals surface area contributed by atoms with E-state index in [4.69, 9.17) is 17.3 Å². The molecule has 0 aliphatic carbocycles. The van der Waals surface area contributed by atoms with Crippen LogP contribution >= 0.6 is 22.9 Å². The zero-order valence-electron chi connectivity index (χ0n) is 7.20. The van der Waals surface area contributed by atoms with Crippen LogP contribution in [-0.2, 0) is 0 Å². The number of nitrogen functional groups attached to an aromatic ring is 1. The van der Waals surface area contributed by atoms with E-state index in [0.717, 1.165) is 16.5 Å². The number of rotatable bonds is 2. The molecule has 2 aromatic rings. The van der Waals surface area contributed by atoms with Gasteiger partial charge in [0.1, 0.15) is 5.15 Å². The summed E-state index contributed by atoms with van der Waals surface area (Å²) in [5, 5.41) is 6.18. The molecule has 1 heterocycles. The van der Waals surface area contributed by atoms with E-state index < -0.39 is 0 Å². The van der Waals surface area contributed by atoms with E-state index in [0.29, 0.717) is 5.15 Å². The van der Waals surface area contributed by atoms with Crippen LogP contribution in [-0.4, -0.2) is 4.98 Å². The molecule has 0 saturated carbocycles. The molecule has 0 bridgehead atoms. The quantitative estimate of drug-likeness (QED) is 0.773. The first-order valence-corrected chi connectivity index (χ1v) is 5.23. The van der Waals surface area contributed by atoms with Gasteiger partial charge in [0.15, 0.2) is 5.13 Å². The van der Waals surface area contributed by atoms with Crippen LogP contribution in [0.4, 0.5) is 16.5 Å². The van der Waals surface area contributed by atoms with Gasteiger partial charge in [0, 0.05) is 16.8 Å². The van der Waals surface area contributed by atoms with Crippen LogP contribution in [0.5, 0.6) is 0 Å². The van der Waals surface area contributed by atoms with E-state index in [1.807, 2.05) is 24.3 Å². The van der Waals surface area contributed by atoms with E-state index in [9.17, 15) is 0 Å². The molecular formula is C9H8ClN3S. The summed E-state index contributed by atoms with van der Waals surface area (Å²) in [5.74, 6) is 0. The number of aromatic nitrogens is 1. The molecule has 14 heavy (non-hydrogen) atoms. The Kier molecular flexibility index (Phi) is 2.56. The minimum Gasteiger partial charge on any atom is -0.399 e. The lowest BCUT2D eigenvalue weighted by molar-refractivity contribution is 1.39. The molecule has 0 aliphatic heterocycles. The molecule has 0 atom stereocenters. The predicted octanol–water partition coefficient (Wildman–Crippen LogP) is 3.12. The first kappa shape index (κ1) is 9.30. The maximum atomic E-state index is 5.69. The lowest BCUT2D eigenvalue weighted by Crippen LogP contribution is -1.90. The number of thiazole rings is 1. The SMILES string of the molecule is Nc1ccc(Nc2nc(Cl)cs2)cc1. The molecule has 0 saturated heterocycles. The van der Waals surface area contributed by atoms with Gasteiger partial charge in [-0.15, -0.1) is 11.3 Å². The number of benzene rings is 1. The van der Waals surface area contributed by atoms with Crippen LogP contribution in [0.25, 0.3) is 0 Å². The Morgan fingerprint density at radius 1 is 1.29 bits per heavy atom. The normalized spacial score (nSPS) is 10.1. The minimum atomic E-state index is 0.507. The van der Waals surface area contributed by atoms with Crippen LogP contribution in [0.3, 0.4) is 0 Å². The summed E-state index contributed by atoms with van der Waals surface area (Å²) in [5.41, 5.74) is 7.25. The van der Waals surface area contributed by atoms with Gasteiger partial charge in [-0.05, 0) is 24.3 Å². The fraction of sp³-hybridized carbons (Fsp3) is 0. The highest BCUT2D eigenvalue weighted by Crippen LogP contribution is 2.23. The molecule has 2 rings (SSSR count). The maximum Gasteiger partial charge on any atom is 0.188 e. The summed E-state index contributed by atoms with van der Waals surface area (Å²) in [6, 6.07) is 7.45. The van der Waals surface area contributed by atoms with Crippen LogP contribution in [0.1, 0.15) is 0 Å². The highest BCUT2D eigenvalue weighted by molar-refractivity contribution is 7.14. The van der Waals surface area contributed by atoms with Crippen molar-refractivity contribution in [1.29, 1.82) is 0 Å². The topological polar surface area (TPSA) is 50.9 Å². The van der Waals surface area contributed by atoms with Gasteiger partial charge in [-0.2, -0.15) is 0 Å². The van der Waals surface area contributed by atoms with Crippen molar-refractivity contribution in [3.8, 4) is 0 Å². The maximum absolute atomic E-state index is 5.69. The van der Waals surface area contributed by atoms with Gasteiger partial charge < -0.3 is 11.1 Å². The molecule has 5 heteroatoms. The molecule has 3 N–H and O–H groups in total. The summed E-state index contributed by atoms with van der Waals surface area (Å²) in [4.78, 5) is 4.07. The largest absolute Gasteiger partial charge is 0.399 e. The van der Waals surface area contributed by atoms with Crippen LogP contribution in [0.2, 0.25) is 5.15 Å². The van der Waals surface area contributed by atoms with Crippen molar-refractivity contribution in [3.63, 3.8) is 0 Å². The highest BCUT2D eigenvalue weighted by atomic mass is 35.5. The van der Waals surface area contributed by atoms with Gasteiger partial charge in [-0.25, -0.2) is 4.98 Å². The van der Waals surface area contributed by atoms with Crippen molar-refractivity contribution in [2.45, 2.75) is 0 Å². The number of hydrogen-bond acceptors (Lipinski definition) is 4. The molecule has 0 aliphatic rings. The molecule has 72 valence electrons. The van der Waals surface area contributed by atoms with Crippen LogP contribution in [0.15, 0.2) is 29.6 Å². The second-order valence-electron chi connectivity index (χ2n) is 2.72. The van der Waals surface area contributed by atoms with E-state index in [1.165, 1.54) is 11.3 Å². The Hall–Kier alpha value is -1.26. The molecular weight excluding hydrogens is 218 g/mol. The molecule has 0 amide bonds. The summed E-state index contributed by atoms with van der Waals surface area (Å²) in [6.45, 7) is 0. The van der Waals surface area contributed by atoms with Gasteiger partial charge in [-0.1, -0.05) is 11.6 Å². The van der Waals surface area contributed by atoms with Crippen molar-refractivity contribution in [3.05, 3.63) is 34.8 Å².